The lowest BCUT2D eigenvalue weighted by atomic mass is 9.89. The Labute approximate surface area is 122 Å². The van der Waals surface area contributed by atoms with Crippen molar-refractivity contribution in [3.63, 3.8) is 0 Å². The normalized spacial score (nSPS) is 20.0. The number of carbonyl (C=O) groups is 1. The summed E-state index contributed by atoms with van der Waals surface area (Å²) in [5.74, 6) is 1.54. The van der Waals surface area contributed by atoms with E-state index in [1.807, 2.05) is 30.0 Å². The second kappa shape index (κ2) is 6.29. The Morgan fingerprint density at radius 2 is 2.05 bits per heavy atom. The maximum atomic E-state index is 12.7. The summed E-state index contributed by atoms with van der Waals surface area (Å²) in [7, 11) is 0. The number of nitrogens with two attached hydrogens (primary N) is 1. The van der Waals surface area contributed by atoms with E-state index in [9.17, 15) is 4.79 Å². The van der Waals surface area contributed by atoms with Crippen LogP contribution in [0.5, 0.6) is 0 Å². The summed E-state index contributed by atoms with van der Waals surface area (Å²) in [4.78, 5) is 14.7. The summed E-state index contributed by atoms with van der Waals surface area (Å²) in [5.41, 5.74) is 8.26. The number of rotatable bonds is 2. The molecule has 1 unspecified atom stereocenters. The van der Waals surface area contributed by atoms with Gasteiger partial charge in [-0.15, -0.1) is 0 Å². The molecule has 1 aliphatic heterocycles. The minimum Gasteiger partial charge on any atom is -0.398 e. The maximum absolute atomic E-state index is 12.7. The van der Waals surface area contributed by atoms with Gasteiger partial charge in [-0.25, -0.2) is 0 Å². The van der Waals surface area contributed by atoms with Crippen molar-refractivity contribution >= 4 is 11.6 Å². The molecule has 1 aromatic rings. The molecule has 110 valence electrons. The van der Waals surface area contributed by atoms with Gasteiger partial charge >= 0.3 is 0 Å². The number of likely N-dealkylation sites (tertiary alicyclic amines) is 1. The number of amides is 1. The molecule has 1 atom stereocenters. The summed E-state index contributed by atoms with van der Waals surface area (Å²) in [6, 6.07) is 5.67. The summed E-state index contributed by atoms with van der Waals surface area (Å²) < 4.78 is 0. The van der Waals surface area contributed by atoms with Gasteiger partial charge in [-0.1, -0.05) is 26.0 Å². The second-order valence-corrected chi connectivity index (χ2v) is 6.27. The van der Waals surface area contributed by atoms with Crippen LogP contribution in [-0.4, -0.2) is 23.9 Å². The van der Waals surface area contributed by atoms with Crippen molar-refractivity contribution in [1.82, 2.24) is 4.90 Å². The Hall–Kier alpha value is -1.51. The summed E-state index contributed by atoms with van der Waals surface area (Å²) in [6.07, 6.45) is 3.43. The third kappa shape index (κ3) is 3.14. The first-order valence-electron chi connectivity index (χ1n) is 7.65. The van der Waals surface area contributed by atoms with Crippen LogP contribution in [0.2, 0.25) is 0 Å². The van der Waals surface area contributed by atoms with E-state index in [-0.39, 0.29) is 5.91 Å². The largest absolute Gasteiger partial charge is 0.398 e. The molecule has 0 radical (unpaired) electrons. The lowest BCUT2D eigenvalue weighted by Gasteiger charge is -2.23. The molecule has 1 amide bonds. The Kier molecular flexibility index (Phi) is 4.69. The minimum absolute atomic E-state index is 0.102. The average molecular weight is 274 g/mol. The summed E-state index contributed by atoms with van der Waals surface area (Å²) in [5, 5.41) is 0. The molecular formula is C17H26N2O. The molecule has 0 aromatic heterocycles. The molecule has 2 N–H and O–H groups in total. The molecule has 20 heavy (non-hydrogen) atoms. The molecule has 0 bridgehead atoms. The summed E-state index contributed by atoms with van der Waals surface area (Å²) >= 11 is 0. The highest BCUT2D eigenvalue weighted by Crippen LogP contribution is 2.26. The number of carbonyl (C=O) groups excluding carboxylic acids is 1. The monoisotopic (exact) mass is 274 g/mol. The Morgan fingerprint density at radius 3 is 2.70 bits per heavy atom. The molecule has 0 spiro atoms. The van der Waals surface area contributed by atoms with Crippen molar-refractivity contribution in [1.29, 1.82) is 0 Å². The van der Waals surface area contributed by atoms with Crippen LogP contribution in [0.15, 0.2) is 18.2 Å². The van der Waals surface area contributed by atoms with E-state index in [1.54, 1.807) is 0 Å². The number of hydrogen-bond acceptors (Lipinski definition) is 2. The molecule has 3 heteroatoms. The zero-order chi connectivity index (χ0) is 14.7. The SMILES string of the molecule is Cc1cccc(N)c1C(=O)N1CCCC(C(C)C)CC1. The van der Waals surface area contributed by atoms with E-state index >= 15 is 0 Å². The van der Waals surface area contributed by atoms with Crippen LogP contribution in [0.4, 0.5) is 5.69 Å². The van der Waals surface area contributed by atoms with Crippen LogP contribution < -0.4 is 5.73 Å². The Balaban J connectivity index is 2.14. The van der Waals surface area contributed by atoms with Crippen molar-refractivity contribution < 1.29 is 4.79 Å². The topological polar surface area (TPSA) is 46.3 Å². The van der Waals surface area contributed by atoms with E-state index in [1.165, 1.54) is 6.42 Å². The van der Waals surface area contributed by atoms with Gasteiger partial charge in [0.05, 0.1) is 5.56 Å². The van der Waals surface area contributed by atoms with Crippen LogP contribution >= 0.6 is 0 Å². The van der Waals surface area contributed by atoms with Crippen molar-refractivity contribution in [3.8, 4) is 0 Å². The fourth-order valence-electron chi connectivity index (χ4n) is 3.13. The van der Waals surface area contributed by atoms with E-state index in [0.717, 1.165) is 37.4 Å². The number of nitrogen functional groups attached to an aromatic ring is 1. The van der Waals surface area contributed by atoms with Crippen molar-refractivity contribution in [2.45, 2.75) is 40.0 Å². The standard InChI is InChI=1S/C17H26N2O/c1-12(2)14-7-5-10-19(11-9-14)17(20)16-13(3)6-4-8-15(16)18/h4,6,8,12,14H,5,7,9-11,18H2,1-3H3. The Bertz CT molecular complexity index is 462. The number of aryl methyl sites for hydroxylation is 1. The fourth-order valence-corrected chi connectivity index (χ4v) is 3.13. The first-order valence-corrected chi connectivity index (χ1v) is 7.65. The van der Waals surface area contributed by atoms with E-state index < -0.39 is 0 Å². The Morgan fingerprint density at radius 1 is 1.30 bits per heavy atom. The van der Waals surface area contributed by atoms with Crippen LogP contribution in [0.1, 0.15) is 49.0 Å². The fraction of sp³-hybridized carbons (Fsp3) is 0.588. The van der Waals surface area contributed by atoms with Gasteiger partial charge in [0, 0.05) is 18.8 Å². The average Bonchev–Trinajstić information content (AvgIpc) is 2.64. The van der Waals surface area contributed by atoms with Crippen molar-refractivity contribution in [2.24, 2.45) is 11.8 Å². The zero-order valence-electron chi connectivity index (χ0n) is 12.9. The second-order valence-electron chi connectivity index (χ2n) is 6.27. The van der Waals surface area contributed by atoms with Crippen molar-refractivity contribution in [2.75, 3.05) is 18.8 Å². The molecule has 1 aromatic carbocycles. The molecule has 0 saturated carbocycles. The van der Waals surface area contributed by atoms with E-state index in [2.05, 4.69) is 13.8 Å². The van der Waals surface area contributed by atoms with Gasteiger partial charge in [-0.05, 0) is 49.7 Å². The zero-order valence-corrected chi connectivity index (χ0v) is 12.9. The van der Waals surface area contributed by atoms with Gasteiger partial charge in [0.1, 0.15) is 0 Å². The maximum Gasteiger partial charge on any atom is 0.256 e. The number of anilines is 1. The molecule has 0 aliphatic carbocycles. The smallest absolute Gasteiger partial charge is 0.256 e. The van der Waals surface area contributed by atoms with Crippen LogP contribution in [0.3, 0.4) is 0 Å². The summed E-state index contributed by atoms with van der Waals surface area (Å²) in [6.45, 7) is 8.23. The van der Waals surface area contributed by atoms with E-state index in [4.69, 9.17) is 5.73 Å². The molecule has 2 rings (SSSR count). The van der Waals surface area contributed by atoms with Crippen LogP contribution in [-0.2, 0) is 0 Å². The predicted molar refractivity (Wildman–Crippen MR) is 83.7 cm³/mol. The van der Waals surface area contributed by atoms with Crippen LogP contribution in [0.25, 0.3) is 0 Å². The minimum atomic E-state index is 0.102. The first kappa shape index (κ1) is 14.9. The van der Waals surface area contributed by atoms with Gasteiger partial charge < -0.3 is 10.6 Å². The molecule has 3 nitrogen and oxygen atoms in total. The quantitative estimate of drug-likeness (QED) is 0.839. The van der Waals surface area contributed by atoms with Crippen LogP contribution in [0, 0.1) is 18.8 Å². The first-order chi connectivity index (χ1) is 9.50. The predicted octanol–water partition coefficient (Wildman–Crippen LogP) is 3.48. The molecule has 1 heterocycles. The highest BCUT2D eigenvalue weighted by Gasteiger charge is 2.24. The number of hydrogen-bond donors (Lipinski definition) is 1. The molecule has 1 fully saturated rings. The lowest BCUT2D eigenvalue weighted by Crippen LogP contribution is -2.33. The molecule has 1 saturated heterocycles. The number of nitrogens with zero attached hydrogens (tertiary/aromatic N) is 1. The third-order valence-electron chi connectivity index (χ3n) is 4.52. The molecule has 1 aliphatic rings. The van der Waals surface area contributed by atoms with Gasteiger partial charge in [0.15, 0.2) is 0 Å². The third-order valence-corrected chi connectivity index (χ3v) is 4.52. The van der Waals surface area contributed by atoms with Gasteiger partial charge in [0.2, 0.25) is 0 Å². The lowest BCUT2D eigenvalue weighted by molar-refractivity contribution is 0.0759. The van der Waals surface area contributed by atoms with Crippen molar-refractivity contribution in [3.05, 3.63) is 29.3 Å². The number of benzene rings is 1. The highest BCUT2D eigenvalue weighted by atomic mass is 16.2. The van der Waals surface area contributed by atoms with Gasteiger partial charge in [-0.3, -0.25) is 4.79 Å². The van der Waals surface area contributed by atoms with E-state index in [0.29, 0.717) is 17.2 Å². The molecular weight excluding hydrogens is 248 g/mol. The van der Waals surface area contributed by atoms with Gasteiger partial charge in [-0.2, -0.15) is 0 Å². The van der Waals surface area contributed by atoms with Gasteiger partial charge in [0.25, 0.3) is 5.91 Å². The highest BCUT2D eigenvalue weighted by molar-refractivity contribution is 6.00.